The first-order chi connectivity index (χ1) is 13.6. The lowest BCUT2D eigenvalue weighted by Gasteiger charge is -2.13. The van der Waals surface area contributed by atoms with Crippen LogP contribution in [-0.4, -0.2) is 41.2 Å². The van der Waals surface area contributed by atoms with Crippen LogP contribution in [0.1, 0.15) is 43.9 Å². The summed E-state index contributed by atoms with van der Waals surface area (Å²) in [6, 6.07) is 7.45. The van der Waals surface area contributed by atoms with Gasteiger partial charge in [-0.25, -0.2) is 9.50 Å². The Bertz CT molecular complexity index is 1280. The van der Waals surface area contributed by atoms with Gasteiger partial charge in [0, 0.05) is 41.7 Å². The third-order valence-electron chi connectivity index (χ3n) is 4.78. The monoisotopic (exact) mass is 391 g/mol. The number of aliphatic carboxylic acids is 1. The maximum absolute atomic E-state index is 12.0. The number of fused-ring (bicyclic) bond motifs is 2. The molecule has 0 unspecified atom stereocenters. The van der Waals surface area contributed by atoms with Crippen molar-refractivity contribution in [3.63, 3.8) is 0 Å². The predicted octanol–water partition coefficient (Wildman–Crippen LogP) is 3.33. The minimum Gasteiger partial charge on any atom is -0.480 e. The van der Waals surface area contributed by atoms with Crippen molar-refractivity contribution in [3.05, 3.63) is 48.0 Å². The summed E-state index contributed by atoms with van der Waals surface area (Å²) >= 11 is 0. The van der Waals surface area contributed by atoms with Crippen LogP contribution in [0.5, 0.6) is 0 Å². The quantitative estimate of drug-likeness (QED) is 0.535. The molecule has 0 fully saturated rings. The SMILES string of the molecule is CC(=O)c1nn(CC(=O)O)c2ccc(-c3cnc4cc(C(C)(C)C)nn4c3)cc12. The summed E-state index contributed by atoms with van der Waals surface area (Å²) in [5, 5.41) is 18.6. The molecule has 0 spiro atoms. The largest absolute Gasteiger partial charge is 0.480 e. The second-order valence-corrected chi connectivity index (χ2v) is 8.11. The fourth-order valence-electron chi connectivity index (χ4n) is 3.26. The number of carboxylic acid groups (broad SMARTS) is 1. The molecular formula is C21H21N5O3. The smallest absolute Gasteiger partial charge is 0.325 e. The van der Waals surface area contributed by atoms with Crippen molar-refractivity contribution in [2.75, 3.05) is 0 Å². The predicted molar refractivity (Wildman–Crippen MR) is 108 cm³/mol. The van der Waals surface area contributed by atoms with Crippen LogP contribution in [0, 0.1) is 0 Å². The number of rotatable bonds is 4. The minimum absolute atomic E-state index is 0.0815. The number of carboxylic acids is 1. The van der Waals surface area contributed by atoms with E-state index >= 15 is 0 Å². The van der Waals surface area contributed by atoms with E-state index in [1.807, 2.05) is 24.4 Å². The molecule has 4 rings (SSSR count). The van der Waals surface area contributed by atoms with Gasteiger partial charge < -0.3 is 5.11 Å². The van der Waals surface area contributed by atoms with E-state index in [9.17, 15) is 9.59 Å². The Morgan fingerprint density at radius 2 is 1.86 bits per heavy atom. The fraction of sp³-hybridized carbons (Fsp3) is 0.286. The molecule has 0 bridgehead atoms. The molecule has 8 nitrogen and oxygen atoms in total. The molecule has 29 heavy (non-hydrogen) atoms. The van der Waals surface area contributed by atoms with Crippen LogP contribution in [0.2, 0.25) is 0 Å². The fourth-order valence-corrected chi connectivity index (χ4v) is 3.26. The van der Waals surface area contributed by atoms with E-state index in [2.05, 4.69) is 36.0 Å². The van der Waals surface area contributed by atoms with E-state index in [1.54, 1.807) is 16.8 Å². The summed E-state index contributed by atoms with van der Waals surface area (Å²) in [5.74, 6) is -1.23. The van der Waals surface area contributed by atoms with Gasteiger partial charge >= 0.3 is 5.97 Å². The summed E-state index contributed by atoms with van der Waals surface area (Å²) in [6.45, 7) is 7.41. The van der Waals surface area contributed by atoms with E-state index < -0.39 is 5.97 Å². The summed E-state index contributed by atoms with van der Waals surface area (Å²) < 4.78 is 3.09. The molecule has 0 amide bonds. The average molecular weight is 391 g/mol. The molecule has 3 aromatic heterocycles. The van der Waals surface area contributed by atoms with Crippen molar-refractivity contribution in [1.82, 2.24) is 24.4 Å². The molecule has 1 aromatic carbocycles. The highest BCUT2D eigenvalue weighted by molar-refractivity contribution is 6.06. The van der Waals surface area contributed by atoms with Gasteiger partial charge in [-0.2, -0.15) is 10.2 Å². The summed E-state index contributed by atoms with van der Waals surface area (Å²) in [6.07, 6.45) is 3.66. The summed E-state index contributed by atoms with van der Waals surface area (Å²) in [7, 11) is 0. The maximum Gasteiger partial charge on any atom is 0.325 e. The van der Waals surface area contributed by atoms with Crippen molar-refractivity contribution < 1.29 is 14.7 Å². The second kappa shape index (κ2) is 6.51. The summed E-state index contributed by atoms with van der Waals surface area (Å²) in [5.41, 5.74) is 4.17. The van der Waals surface area contributed by atoms with Crippen LogP contribution in [0.25, 0.3) is 27.7 Å². The van der Waals surface area contributed by atoms with Crippen molar-refractivity contribution in [1.29, 1.82) is 0 Å². The number of hydrogen-bond donors (Lipinski definition) is 1. The Balaban J connectivity index is 1.84. The van der Waals surface area contributed by atoms with Crippen molar-refractivity contribution in [2.24, 2.45) is 0 Å². The number of ketones is 1. The van der Waals surface area contributed by atoms with Gasteiger partial charge in [0.1, 0.15) is 12.2 Å². The van der Waals surface area contributed by atoms with Gasteiger partial charge in [-0.3, -0.25) is 14.3 Å². The zero-order valence-corrected chi connectivity index (χ0v) is 16.7. The van der Waals surface area contributed by atoms with Crippen molar-refractivity contribution in [3.8, 4) is 11.1 Å². The van der Waals surface area contributed by atoms with Crippen LogP contribution in [0.4, 0.5) is 0 Å². The van der Waals surface area contributed by atoms with E-state index in [4.69, 9.17) is 5.11 Å². The molecule has 0 aliphatic heterocycles. The van der Waals surface area contributed by atoms with Gasteiger partial charge in [0.15, 0.2) is 11.4 Å². The average Bonchev–Trinajstić information content (AvgIpc) is 3.22. The molecule has 1 N–H and O–H groups in total. The molecule has 0 aliphatic carbocycles. The zero-order chi connectivity index (χ0) is 20.9. The van der Waals surface area contributed by atoms with Gasteiger partial charge in [0.05, 0.1) is 11.2 Å². The molecule has 4 aromatic rings. The van der Waals surface area contributed by atoms with Crippen LogP contribution in [-0.2, 0) is 16.8 Å². The third kappa shape index (κ3) is 3.37. The maximum atomic E-state index is 12.0. The third-order valence-corrected chi connectivity index (χ3v) is 4.78. The van der Waals surface area contributed by atoms with Gasteiger partial charge in [-0.1, -0.05) is 26.8 Å². The van der Waals surface area contributed by atoms with E-state index in [-0.39, 0.29) is 23.4 Å². The lowest BCUT2D eigenvalue weighted by Crippen LogP contribution is -2.11. The Morgan fingerprint density at radius 3 is 2.52 bits per heavy atom. The van der Waals surface area contributed by atoms with Crippen molar-refractivity contribution in [2.45, 2.75) is 39.7 Å². The molecule has 0 atom stereocenters. The van der Waals surface area contributed by atoms with Crippen molar-refractivity contribution >= 4 is 28.3 Å². The molecule has 0 saturated heterocycles. The Morgan fingerprint density at radius 1 is 1.10 bits per heavy atom. The Kier molecular flexibility index (Phi) is 4.22. The van der Waals surface area contributed by atoms with Crippen LogP contribution < -0.4 is 0 Å². The zero-order valence-electron chi connectivity index (χ0n) is 16.7. The highest BCUT2D eigenvalue weighted by atomic mass is 16.4. The van der Waals surface area contributed by atoms with Gasteiger partial charge in [0.25, 0.3) is 0 Å². The van der Waals surface area contributed by atoms with Gasteiger partial charge in [-0.05, 0) is 17.7 Å². The molecule has 0 radical (unpaired) electrons. The van der Waals surface area contributed by atoms with Gasteiger partial charge in [0.2, 0.25) is 0 Å². The topological polar surface area (TPSA) is 102 Å². The van der Waals surface area contributed by atoms with Crippen LogP contribution in [0.15, 0.2) is 36.7 Å². The first-order valence-corrected chi connectivity index (χ1v) is 9.23. The highest BCUT2D eigenvalue weighted by Gasteiger charge is 2.19. The number of aromatic nitrogens is 5. The lowest BCUT2D eigenvalue weighted by atomic mass is 9.93. The number of hydrogen-bond acceptors (Lipinski definition) is 5. The highest BCUT2D eigenvalue weighted by Crippen LogP contribution is 2.28. The standard InChI is InChI=1S/C21H21N5O3/c1-12(27)20-15-7-13(5-6-16(15)25(24-20)11-19(28)29)14-9-22-18-8-17(21(2,3)4)23-26(18)10-14/h5-10H,11H2,1-4H3,(H,28,29). The molecule has 3 heterocycles. The first kappa shape index (κ1) is 18.8. The lowest BCUT2D eigenvalue weighted by molar-refractivity contribution is -0.137. The molecule has 0 saturated carbocycles. The van der Waals surface area contributed by atoms with Crippen LogP contribution in [0.3, 0.4) is 0 Å². The van der Waals surface area contributed by atoms with E-state index in [0.717, 1.165) is 22.5 Å². The number of Topliss-reactive ketones (excluding diaryl/α,β-unsaturated/α-hetero) is 1. The normalized spacial score (nSPS) is 12.0. The Hall–Kier alpha value is -3.55. The minimum atomic E-state index is -1.02. The number of nitrogens with zero attached hydrogens (tertiary/aromatic N) is 5. The molecule has 8 heteroatoms. The number of carbonyl (C=O) groups excluding carboxylic acids is 1. The van der Waals surface area contributed by atoms with Crippen LogP contribution >= 0.6 is 0 Å². The summed E-state index contributed by atoms with van der Waals surface area (Å²) in [4.78, 5) is 27.7. The van der Waals surface area contributed by atoms with E-state index in [1.165, 1.54) is 11.6 Å². The van der Waals surface area contributed by atoms with Gasteiger partial charge in [-0.15, -0.1) is 0 Å². The molecule has 148 valence electrons. The molecule has 0 aliphatic rings. The molecular weight excluding hydrogens is 370 g/mol. The number of benzene rings is 1. The van der Waals surface area contributed by atoms with E-state index in [0.29, 0.717) is 10.9 Å². The second-order valence-electron chi connectivity index (χ2n) is 8.11. The number of carbonyl (C=O) groups is 2. The first-order valence-electron chi connectivity index (χ1n) is 9.23. The Labute approximate surface area is 166 Å².